The minimum Gasteiger partial charge on any atom is -0.375 e. The van der Waals surface area contributed by atoms with Crippen molar-refractivity contribution < 1.29 is 47.7 Å². The minimum atomic E-state index is -6.44. The molecule has 0 amide bonds. The Hall–Kier alpha value is -2.11. The first-order chi connectivity index (χ1) is 10.8. The molecule has 3 nitrogen and oxygen atoms in total. The Balaban J connectivity index is 2.84. The molecule has 0 aliphatic heterocycles. The van der Waals surface area contributed by atoms with Crippen molar-refractivity contribution in [3.05, 3.63) is 41.5 Å². The minimum absolute atomic E-state index is 0.270. The quantitative estimate of drug-likeness (QED) is 0.442. The zero-order valence-electron chi connectivity index (χ0n) is 11.0. The van der Waals surface area contributed by atoms with Crippen molar-refractivity contribution in [3.63, 3.8) is 0 Å². The highest BCUT2D eigenvalue weighted by molar-refractivity contribution is 7.88. The summed E-state index contributed by atoms with van der Waals surface area (Å²) in [6, 6.07) is 2.18. The fraction of sp³-hybridized carbons (Fsp3) is 0.167. The average molecular weight is 380 g/mol. The third-order valence-electron chi connectivity index (χ3n) is 2.80. The molecule has 0 aromatic heterocycles. The van der Waals surface area contributed by atoms with Gasteiger partial charge in [0.2, 0.25) is 0 Å². The molecule has 0 saturated carbocycles. The van der Waals surface area contributed by atoms with Gasteiger partial charge in [0.05, 0.1) is 0 Å². The summed E-state index contributed by atoms with van der Waals surface area (Å²) in [6.45, 7) is 0. The van der Waals surface area contributed by atoms with Crippen LogP contribution in [0.5, 0.6) is 5.75 Å². The molecule has 0 fully saturated rings. The van der Waals surface area contributed by atoms with Crippen LogP contribution < -0.4 is 4.18 Å². The highest BCUT2D eigenvalue weighted by atomic mass is 32.2. The zero-order chi connectivity index (χ0) is 18.5. The molecule has 2 aromatic rings. The van der Waals surface area contributed by atoms with E-state index in [4.69, 9.17) is 0 Å². The lowest BCUT2D eigenvalue weighted by Crippen LogP contribution is -2.29. The van der Waals surface area contributed by atoms with Crippen LogP contribution in [-0.4, -0.2) is 13.9 Å². The second-order valence-electron chi connectivity index (χ2n) is 4.38. The lowest BCUT2D eigenvalue weighted by Gasteiger charge is -2.17. The summed E-state index contributed by atoms with van der Waals surface area (Å²) in [6.07, 6.45) is -5.52. The number of alkyl halides is 6. The molecule has 0 aliphatic rings. The monoisotopic (exact) mass is 380 g/mol. The molecule has 132 valence electrons. The molecule has 12 heteroatoms. The number of hydrogen-bond donors (Lipinski definition) is 0. The predicted molar refractivity (Wildman–Crippen MR) is 64.5 cm³/mol. The molecule has 0 heterocycles. The van der Waals surface area contributed by atoms with E-state index in [0.717, 1.165) is 6.07 Å². The van der Waals surface area contributed by atoms with Gasteiger partial charge in [-0.2, -0.15) is 34.8 Å². The van der Waals surface area contributed by atoms with Gasteiger partial charge < -0.3 is 4.18 Å². The lowest BCUT2D eigenvalue weighted by molar-refractivity contribution is -0.137. The van der Waals surface area contributed by atoms with Crippen LogP contribution in [0.3, 0.4) is 0 Å². The topological polar surface area (TPSA) is 43.4 Å². The first-order valence-electron chi connectivity index (χ1n) is 5.74. The number of hydrogen-bond acceptors (Lipinski definition) is 3. The largest absolute Gasteiger partial charge is 0.534 e. The molecule has 0 aliphatic carbocycles. The van der Waals surface area contributed by atoms with E-state index in [9.17, 15) is 43.5 Å². The van der Waals surface area contributed by atoms with E-state index >= 15 is 0 Å². The molecule has 0 atom stereocenters. The fourth-order valence-corrected chi connectivity index (χ4v) is 2.32. The molecule has 0 radical (unpaired) electrons. The first-order valence-corrected chi connectivity index (χ1v) is 7.15. The van der Waals surface area contributed by atoms with Crippen LogP contribution in [0.4, 0.5) is 35.1 Å². The maximum Gasteiger partial charge on any atom is 0.534 e. The van der Waals surface area contributed by atoms with E-state index in [2.05, 4.69) is 4.18 Å². The summed E-state index contributed by atoms with van der Waals surface area (Å²) in [4.78, 5) is 0. The normalized spacial score (nSPS) is 13.3. The third-order valence-corrected chi connectivity index (χ3v) is 3.77. The van der Waals surface area contributed by atoms with Crippen LogP contribution in [0.15, 0.2) is 24.3 Å². The van der Waals surface area contributed by atoms with Gasteiger partial charge in [-0.25, -0.2) is 8.78 Å². The number of halogens is 8. The number of rotatable bonds is 2. The summed E-state index contributed by atoms with van der Waals surface area (Å²) in [7, 11) is -6.44. The smallest absolute Gasteiger partial charge is 0.375 e. The second-order valence-corrected chi connectivity index (χ2v) is 5.92. The van der Waals surface area contributed by atoms with Crippen molar-refractivity contribution in [1.82, 2.24) is 0 Å². The van der Waals surface area contributed by atoms with Crippen LogP contribution in [-0.2, 0) is 16.3 Å². The van der Waals surface area contributed by atoms with Gasteiger partial charge in [0.15, 0.2) is 17.4 Å². The van der Waals surface area contributed by atoms with Crippen molar-refractivity contribution in [2.75, 3.05) is 0 Å². The lowest BCUT2D eigenvalue weighted by atomic mass is 10.0. The first kappa shape index (κ1) is 18.2. The highest BCUT2D eigenvalue weighted by Crippen LogP contribution is 2.43. The summed E-state index contributed by atoms with van der Waals surface area (Å²) in [5, 5.41) is -1.96. The van der Waals surface area contributed by atoms with Gasteiger partial charge in [0.1, 0.15) is 5.56 Å². The van der Waals surface area contributed by atoms with E-state index in [1.807, 2.05) is 0 Å². The van der Waals surface area contributed by atoms with Gasteiger partial charge in [0, 0.05) is 5.39 Å². The van der Waals surface area contributed by atoms with Crippen LogP contribution in [0.25, 0.3) is 10.8 Å². The van der Waals surface area contributed by atoms with Crippen LogP contribution in [0, 0.1) is 11.6 Å². The third kappa shape index (κ3) is 3.09. The van der Waals surface area contributed by atoms with Crippen molar-refractivity contribution in [3.8, 4) is 5.75 Å². The zero-order valence-corrected chi connectivity index (χ0v) is 11.8. The number of benzene rings is 2. The molecule has 0 saturated heterocycles. The summed E-state index contributed by atoms with van der Waals surface area (Å²) < 4.78 is 128. The van der Waals surface area contributed by atoms with Gasteiger partial charge in [-0.05, 0) is 17.5 Å². The Morgan fingerprint density at radius 3 is 1.92 bits per heavy atom. The second kappa shape index (κ2) is 5.46. The molecule has 0 bridgehead atoms. The van der Waals surface area contributed by atoms with E-state index in [-0.39, 0.29) is 6.07 Å². The van der Waals surface area contributed by atoms with Gasteiger partial charge in [0.25, 0.3) is 0 Å². The molecular weight excluding hydrogens is 376 g/mol. The van der Waals surface area contributed by atoms with Gasteiger partial charge in [-0.3, -0.25) is 0 Å². The molecule has 0 spiro atoms. The predicted octanol–water partition coefficient (Wildman–Crippen LogP) is 4.37. The maximum absolute atomic E-state index is 13.7. The Morgan fingerprint density at radius 1 is 0.875 bits per heavy atom. The highest BCUT2D eigenvalue weighted by Gasteiger charge is 2.50. The molecule has 0 N–H and O–H groups in total. The van der Waals surface area contributed by atoms with Crippen molar-refractivity contribution in [2.24, 2.45) is 0 Å². The molecular formula is C12H4F8O3S. The summed E-state index contributed by atoms with van der Waals surface area (Å²) in [5.74, 6) is -5.53. The van der Waals surface area contributed by atoms with Crippen molar-refractivity contribution >= 4 is 20.9 Å². The van der Waals surface area contributed by atoms with Crippen LogP contribution in [0.2, 0.25) is 0 Å². The van der Waals surface area contributed by atoms with Gasteiger partial charge in [-0.1, -0.05) is 12.1 Å². The Bertz CT molecular complexity index is 899. The van der Waals surface area contributed by atoms with Gasteiger partial charge >= 0.3 is 21.8 Å². The van der Waals surface area contributed by atoms with Crippen LogP contribution in [0.1, 0.15) is 5.56 Å². The van der Waals surface area contributed by atoms with E-state index in [1.54, 1.807) is 0 Å². The fourth-order valence-electron chi connectivity index (χ4n) is 1.85. The van der Waals surface area contributed by atoms with Gasteiger partial charge in [-0.15, -0.1) is 0 Å². The molecule has 2 rings (SSSR count). The van der Waals surface area contributed by atoms with E-state index in [0.29, 0.717) is 12.1 Å². The van der Waals surface area contributed by atoms with Crippen molar-refractivity contribution in [1.29, 1.82) is 0 Å². The maximum atomic E-state index is 13.7. The molecule has 2 aromatic carbocycles. The number of fused-ring (bicyclic) bond motifs is 1. The standard InChI is InChI=1S/C12H4F8O3S/c13-6-3-1-5-2-4-7(23-24(21,22)12(18,19)20)9(11(15,16)17)8(5)10(6)14/h1-4H. The summed E-state index contributed by atoms with van der Waals surface area (Å²) in [5.41, 5.74) is -8.18. The molecule has 24 heavy (non-hydrogen) atoms. The van der Waals surface area contributed by atoms with Crippen LogP contribution >= 0.6 is 0 Å². The van der Waals surface area contributed by atoms with Crippen molar-refractivity contribution in [2.45, 2.75) is 11.7 Å². The Morgan fingerprint density at radius 2 is 1.42 bits per heavy atom. The van der Waals surface area contributed by atoms with E-state index < -0.39 is 55.5 Å². The Labute approximate surface area is 128 Å². The Kier molecular flexibility index (Phi) is 4.15. The SMILES string of the molecule is O=S(=O)(Oc1ccc2ccc(F)c(F)c2c1C(F)(F)F)C(F)(F)F. The van der Waals surface area contributed by atoms with E-state index in [1.165, 1.54) is 0 Å². The summed E-state index contributed by atoms with van der Waals surface area (Å²) >= 11 is 0. The average Bonchev–Trinajstić information content (AvgIpc) is 2.40. The molecule has 0 unspecified atom stereocenters.